The second kappa shape index (κ2) is 15.6. The molecule has 3 aromatic carbocycles. The van der Waals surface area contributed by atoms with Gasteiger partial charge in [-0.15, -0.1) is 10.2 Å². The van der Waals surface area contributed by atoms with E-state index in [4.69, 9.17) is 37.4 Å². The molecule has 2 saturated heterocycles. The highest BCUT2D eigenvalue weighted by Gasteiger charge is 2.45. The maximum Gasteiger partial charge on any atom is 0.350 e. The molecule has 0 N–H and O–H groups in total. The second-order valence-electron chi connectivity index (χ2n) is 13.4. The molecule has 0 amide bonds. The fourth-order valence-corrected chi connectivity index (χ4v) is 7.42. The van der Waals surface area contributed by atoms with Gasteiger partial charge in [0.1, 0.15) is 56.6 Å². The van der Waals surface area contributed by atoms with Crippen molar-refractivity contribution < 1.29 is 14.2 Å². The van der Waals surface area contributed by atoms with E-state index in [1.165, 1.54) is 11.0 Å². The van der Waals surface area contributed by atoms with Crippen LogP contribution >= 0.6 is 23.2 Å². The molecule has 5 heterocycles. The van der Waals surface area contributed by atoms with Gasteiger partial charge in [0.2, 0.25) is 5.79 Å². The van der Waals surface area contributed by atoms with Crippen molar-refractivity contribution in [1.29, 1.82) is 0 Å². The van der Waals surface area contributed by atoms with Crippen LogP contribution in [0.2, 0.25) is 10.0 Å². The number of aryl methyl sites for hydroxylation is 1. The van der Waals surface area contributed by atoms with E-state index in [-0.39, 0.29) is 24.4 Å². The molecule has 54 heavy (non-hydrogen) atoms. The van der Waals surface area contributed by atoms with Gasteiger partial charge in [0.25, 0.3) is 0 Å². The summed E-state index contributed by atoms with van der Waals surface area (Å²) in [5, 5.41) is 17.3. The van der Waals surface area contributed by atoms with Crippen LogP contribution < -0.4 is 20.2 Å². The molecule has 0 spiro atoms. The lowest BCUT2D eigenvalue weighted by Crippen LogP contribution is -2.46. The molecule has 15 nitrogen and oxygen atoms in total. The minimum atomic E-state index is -1.17. The summed E-state index contributed by atoms with van der Waals surface area (Å²) in [6, 6.07) is 21.4. The molecule has 3 atom stereocenters. The van der Waals surface area contributed by atoms with Crippen molar-refractivity contribution in [3.05, 3.63) is 124 Å². The Labute approximate surface area is 321 Å². The molecule has 1 unspecified atom stereocenters. The normalized spacial score (nSPS) is 19.4. The highest BCUT2D eigenvalue weighted by Crippen LogP contribution is 2.40. The van der Waals surface area contributed by atoms with Crippen LogP contribution in [-0.4, -0.2) is 89.4 Å². The van der Waals surface area contributed by atoms with Crippen molar-refractivity contribution in [2.45, 2.75) is 44.4 Å². The molecule has 2 fully saturated rings. The predicted octanol–water partition coefficient (Wildman–Crippen LogP) is 4.85. The lowest BCUT2D eigenvalue weighted by molar-refractivity contribution is -0.190. The Hall–Kier alpha value is -5.22. The maximum atomic E-state index is 13.2. The molecule has 2 aliphatic rings. The first kappa shape index (κ1) is 35.8. The van der Waals surface area contributed by atoms with Crippen molar-refractivity contribution in [3.63, 3.8) is 0 Å². The average molecular weight is 773 g/mol. The first-order chi connectivity index (χ1) is 26.3. The number of benzene rings is 3. The summed E-state index contributed by atoms with van der Waals surface area (Å²) in [5.74, 6) is -0.425. The predicted molar refractivity (Wildman–Crippen MR) is 203 cm³/mol. The summed E-state index contributed by atoms with van der Waals surface area (Å²) in [5.41, 5.74) is 3.54. The summed E-state index contributed by atoms with van der Waals surface area (Å²) < 4.78 is 25.6. The standard InChI is InChI=1S/C37H39Cl2N11O4/c1-27(12-13-45-24-41-42-25-45)50-36(51)49(26-44-50)31-5-3-29(4-6-31)46-14-16-47(17-15-46)30-7-9-32(10-8-30)52-19-33-20-53-37(54-33,21-48-23-40-22-43-48)34-11-2-28(38)18-35(34)39/h2-11,18,22-27,33H,12-17,19-21H2,1H3/t27?,33-,37-/m0/s1. The highest BCUT2D eigenvalue weighted by atomic mass is 35.5. The summed E-state index contributed by atoms with van der Waals surface area (Å²) in [6.07, 6.45) is 8.39. The van der Waals surface area contributed by atoms with Crippen LogP contribution in [0.3, 0.4) is 0 Å². The SMILES string of the molecule is CC(CCn1cnnc1)n1ncn(-c2ccc(N3CCN(c4ccc(OC[C@H]5CO[C@](Cn6cncn6)(c6ccc(Cl)cc6Cl)O5)cc4)CC3)cc2)c1=O. The third-order valence-electron chi connectivity index (χ3n) is 9.83. The highest BCUT2D eigenvalue weighted by molar-refractivity contribution is 6.35. The van der Waals surface area contributed by atoms with Crippen molar-refractivity contribution in [1.82, 2.24) is 43.9 Å². The van der Waals surface area contributed by atoms with Gasteiger partial charge in [-0.25, -0.2) is 23.7 Å². The summed E-state index contributed by atoms with van der Waals surface area (Å²) in [4.78, 5) is 22.0. The van der Waals surface area contributed by atoms with Gasteiger partial charge in [0, 0.05) is 54.7 Å². The largest absolute Gasteiger partial charge is 0.491 e. The summed E-state index contributed by atoms with van der Waals surface area (Å²) in [7, 11) is 0. The Morgan fingerprint density at radius 1 is 0.870 bits per heavy atom. The van der Waals surface area contributed by atoms with Crippen LogP contribution in [0.4, 0.5) is 11.4 Å². The Kier molecular flexibility index (Phi) is 10.4. The number of piperazine rings is 1. The van der Waals surface area contributed by atoms with Crippen molar-refractivity contribution >= 4 is 34.6 Å². The molecule has 0 bridgehead atoms. The number of hydrogen-bond acceptors (Lipinski definition) is 11. The minimum Gasteiger partial charge on any atom is -0.491 e. The van der Waals surface area contributed by atoms with Gasteiger partial charge in [-0.05, 0) is 74.0 Å². The molecular formula is C37H39Cl2N11O4. The number of anilines is 2. The Morgan fingerprint density at radius 3 is 2.22 bits per heavy atom. The van der Waals surface area contributed by atoms with Gasteiger partial charge in [-0.1, -0.05) is 29.3 Å². The van der Waals surface area contributed by atoms with E-state index in [0.29, 0.717) is 35.4 Å². The van der Waals surface area contributed by atoms with Crippen LogP contribution in [0, 0.1) is 0 Å². The number of halogens is 2. The molecule has 8 rings (SSSR count). The maximum absolute atomic E-state index is 13.2. The molecule has 17 heteroatoms. The zero-order valence-corrected chi connectivity index (χ0v) is 31.1. The quantitative estimate of drug-likeness (QED) is 0.160. The van der Waals surface area contributed by atoms with Crippen LogP contribution in [0.25, 0.3) is 5.69 Å². The van der Waals surface area contributed by atoms with Crippen molar-refractivity contribution in [3.8, 4) is 11.4 Å². The molecule has 280 valence electrons. The first-order valence-electron chi connectivity index (χ1n) is 17.7. The smallest absolute Gasteiger partial charge is 0.350 e. The number of rotatable bonds is 13. The van der Waals surface area contributed by atoms with Crippen LogP contribution in [0.5, 0.6) is 5.75 Å². The topological polar surface area (TPSA) is 135 Å². The Balaban J connectivity index is 0.828. The third-order valence-corrected chi connectivity index (χ3v) is 10.4. The fraction of sp³-hybridized carbons (Fsp3) is 0.351. The lowest BCUT2D eigenvalue weighted by atomic mass is 10.1. The van der Waals surface area contributed by atoms with E-state index in [9.17, 15) is 4.79 Å². The van der Waals surface area contributed by atoms with Crippen LogP contribution in [-0.2, 0) is 28.4 Å². The summed E-state index contributed by atoms with van der Waals surface area (Å²) in [6.45, 7) is 7.04. The number of nitrogens with zero attached hydrogens (tertiary/aromatic N) is 11. The van der Waals surface area contributed by atoms with Crippen molar-refractivity contribution in [2.75, 3.05) is 49.2 Å². The summed E-state index contributed by atoms with van der Waals surface area (Å²) >= 11 is 12.8. The van der Waals surface area contributed by atoms with E-state index in [1.807, 2.05) is 41.8 Å². The van der Waals surface area contributed by atoms with Crippen LogP contribution in [0.1, 0.15) is 24.9 Å². The zero-order valence-electron chi connectivity index (χ0n) is 29.6. The molecule has 2 aliphatic heterocycles. The molecule has 0 aliphatic carbocycles. The first-order valence-corrected chi connectivity index (χ1v) is 18.5. The lowest BCUT2D eigenvalue weighted by Gasteiger charge is -2.37. The number of aromatic nitrogens is 9. The van der Waals surface area contributed by atoms with E-state index < -0.39 is 5.79 Å². The molecule has 0 radical (unpaired) electrons. The van der Waals surface area contributed by atoms with Gasteiger partial charge in [0.15, 0.2) is 0 Å². The Bertz CT molecular complexity index is 2190. The number of ether oxygens (including phenoxy) is 3. The second-order valence-corrected chi connectivity index (χ2v) is 14.2. The van der Waals surface area contributed by atoms with E-state index >= 15 is 0 Å². The average Bonchev–Trinajstić information content (AvgIpc) is 4.03. The van der Waals surface area contributed by atoms with E-state index in [1.54, 1.807) is 46.7 Å². The van der Waals surface area contributed by atoms with Crippen molar-refractivity contribution in [2.24, 2.45) is 0 Å². The Morgan fingerprint density at radius 2 is 1.56 bits per heavy atom. The van der Waals surface area contributed by atoms with Gasteiger partial charge in [-0.2, -0.15) is 10.2 Å². The van der Waals surface area contributed by atoms with Gasteiger partial charge < -0.3 is 28.6 Å². The molecule has 3 aromatic heterocycles. The zero-order chi connectivity index (χ0) is 37.1. The monoisotopic (exact) mass is 771 g/mol. The minimum absolute atomic E-state index is 0.0676. The molecule has 6 aromatic rings. The molecule has 0 saturated carbocycles. The van der Waals surface area contributed by atoms with E-state index in [0.717, 1.165) is 55.4 Å². The van der Waals surface area contributed by atoms with E-state index in [2.05, 4.69) is 59.4 Å². The van der Waals surface area contributed by atoms with Gasteiger partial charge in [-0.3, -0.25) is 0 Å². The number of hydrogen-bond donors (Lipinski definition) is 0. The third kappa shape index (κ3) is 7.71. The van der Waals surface area contributed by atoms with Gasteiger partial charge in [0.05, 0.1) is 23.4 Å². The fourth-order valence-electron chi connectivity index (χ4n) is 6.86. The van der Waals surface area contributed by atoms with Gasteiger partial charge >= 0.3 is 5.69 Å². The molecular weight excluding hydrogens is 733 g/mol. The van der Waals surface area contributed by atoms with Crippen LogP contribution in [0.15, 0.2) is 103 Å².